The van der Waals surface area contributed by atoms with Gasteiger partial charge in [-0.1, -0.05) is 24.3 Å². The quantitative estimate of drug-likeness (QED) is 0.343. The molecule has 2 atom stereocenters. The molecule has 6 nitrogen and oxygen atoms in total. The summed E-state index contributed by atoms with van der Waals surface area (Å²) in [5, 5.41) is 2.56. The maximum absolute atomic E-state index is 14.4. The summed E-state index contributed by atoms with van der Waals surface area (Å²) >= 11 is -2.44. The van der Waals surface area contributed by atoms with Gasteiger partial charge in [-0.2, -0.15) is 13.2 Å². The maximum Gasteiger partial charge on any atom is 0.433 e. The fraction of sp³-hybridized carbons (Fsp3) is 0.217. The van der Waals surface area contributed by atoms with Crippen LogP contribution in [-0.2, 0) is 28.8 Å². The van der Waals surface area contributed by atoms with Gasteiger partial charge in [0.25, 0.3) is 11.3 Å². The SMILES string of the molecule is CC(C(=O)NCc1ccc(C(F)(F)F)nc1-c1ccccc1F)c1ccc(N(C)S(=O)O)c(F)c1. The lowest BCUT2D eigenvalue weighted by Gasteiger charge is -2.18. The number of nitrogens with one attached hydrogen (secondary N) is 1. The van der Waals surface area contributed by atoms with Gasteiger partial charge < -0.3 is 5.32 Å². The molecule has 0 spiro atoms. The molecule has 1 amide bonds. The summed E-state index contributed by atoms with van der Waals surface area (Å²) in [6, 6.07) is 10.8. The fourth-order valence-corrected chi connectivity index (χ4v) is 3.61. The fourth-order valence-electron chi connectivity index (χ4n) is 3.29. The summed E-state index contributed by atoms with van der Waals surface area (Å²) in [7, 11) is 1.22. The predicted molar refractivity (Wildman–Crippen MR) is 120 cm³/mol. The summed E-state index contributed by atoms with van der Waals surface area (Å²) in [5.41, 5.74) is -1.35. The lowest BCUT2D eigenvalue weighted by Crippen LogP contribution is -2.28. The van der Waals surface area contributed by atoms with E-state index in [4.69, 9.17) is 4.55 Å². The van der Waals surface area contributed by atoms with Crippen LogP contribution in [0, 0.1) is 11.6 Å². The Morgan fingerprint density at radius 3 is 2.40 bits per heavy atom. The zero-order chi connectivity index (χ0) is 25.9. The summed E-state index contributed by atoms with van der Waals surface area (Å²) < 4.78 is 89.3. The third-order valence-corrected chi connectivity index (χ3v) is 5.96. The zero-order valence-corrected chi connectivity index (χ0v) is 19.3. The number of pyridine rings is 1. The van der Waals surface area contributed by atoms with Crippen molar-refractivity contribution in [3.63, 3.8) is 0 Å². The Balaban J connectivity index is 1.84. The van der Waals surface area contributed by atoms with Gasteiger partial charge >= 0.3 is 6.18 Å². The lowest BCUT2D eigenvalue weighted by atomic mass is 9.99. The van der Waals surface area contributed by atoms with Crippen LogP contribution >= 0.6 is 0 Å². The number of anilines is 1. The van der Waals surface area contributed by atoms with E-state index in [2.05, 4.69) is 10.3 Å². The van der Waals surface area contributed by atoms with E-state index >= 15 is 0 Å². The molecule has 0 aliphatic carbocycles. The minimum atomic E-state index is -4.75. The van der Waals surface area contributed by atoms with Crippen molar-refractivity contribution in [2.24, 2.45) is 0 Å². The van der Waals surface area contributed by atoms with E-state index in [0.29, 0.717) is 0 Å². The zero-order valence-electron chi connectivity index (χ0n) is 18.4. The van der Waals surface area contributed by atoms with E-state index in [1.54, 1.807) is 0 Å². The lowest BCUT2D eigenvalue weighted by molar-refractivity contribution is -0.141. The molecule has 0 bridgehead atoms. The molecule has 0 aliphatic rings. The number of amides is 1. The predicted octanol–water partition coefficient (Wildman–Crippen LogP) is 5.04. The van der Waals surface area contributed by atoms with Gasteiger partial charge in [0.05, 0.1) is 17.3 Å². The second-order valence-electron chi connectivity index (χ2n) is 7.56. The molecule has 2 unspecified atom stereocenters. The Morgan fingerprint density at radius 2 is 1.80 bits per heavy atom. The van der Waals surface area contributed by atoms with Crippen LogP contribution in [0.3, 0.4) is 0 Å². The number of carbonyl (C=O) groups excluding carboxylic acids is 1. The van der Waals surface area contributed by atoms with Gasteiger partial charge in [-0.05, 0) is 48.4 Å². The highest BCUT2D eigenvalue weighted by Gasteiger charge is 2.33. The number of aromatic nitrogens is 1. The van der Waals surface area contributed by atoms with E-state index in [-0.39, 0.29) is 34.6 Å². The third kappa shape index (κ3) is 6.01. The first-order valence-corrected chi connectivity index (χ1v) is 11.2. The number of hydrogen-bond acceptors (Lipinski definition) is 3. The van der Waals surface area contributed by atoms with Crippen molar-refractivity contribution in [2.75, 3.05) is 11.4 Å². The molecule has 186 valence electrons. The van der Waals surface area contributed by atoms with Crippen LogP contribution in [0.25, 0.3) is 11.3 Å². The highest BCUT2D eigenvalue weighted by molar-refractivity contribution is 7.80. The van der Waals surface area contributed by atoms with E-state index in [1.165, 1.54) is 44.3 Å². The number of benzene rings is 2. The van der Waals surface area contributed by atoms with Crippen LogP contribution in [0.5, 0.6) is 0 Å². The van der Waals surface area contributed by atoms with Gasteiger partial charge in [-0.3, -0.25) is 13.7 Å². The van der Waals surface area contributed by atoms with Crippen molar-refractivity contribution in [1.29, 1.82) is 0 Å². The largest absolute Gasteiger partial charge is 0.433 e. The Bertz CT molecular complexity index is 1270. The molecule has 1 aromatic heterocycles. The van der Waals surface area contributed by atoms with E-state index in [0.717, 1.165) is 28.6 Å². The molecule has 2 aromatic carbocycles. The molecular weight excluding hydrogens is 493 g/mol. The minimum absolute atomic E-state index is 0.146. The van der Waals surface area contributed by atoms with Gasteiger partial charge in [-0.15, -0.1) is 0 Å². The smallest absolute Gasteiger partial charge is 0.351 e. The van der Waals surface area contributed by atoms with E-state index in [1.807, 2.05) is 0 Å². The molecular formula is C23H20F5N3O3S. The van der Waals surface area contributed by atoms with Gasteiger partial charge in [0.2, 0.25) is 5.91 Å². The van der Waals surface area contributed by atoms with Crippen LogP contribution < -0.4 is 9.62 Å². The molecule has 0 aliphatic heterocycles. The number of halogens is 5. The van der Waals surface area contributed by atoms with Crippen molar-refractivity contribution >= 4 is 22.9 Å². The number of alkyl halides is 3. The van der Waals surface area contributed by atoms with Crippen LogP contribution in [0.15, 0.2) is 54.6 Å². The second kappa shape index (κ2) is 10.5. The van der Waals surface area contributed by atoms with Crippen LogP contribution in [0.1, 0.15) is 29.7 Å². The van der Waals surface area contributed by atoms with Gasteiger partial charge in [0.15, 0.2) is 0 Å². The average Bonchev–Trinajstić information content (AvgIpc) is 2.81. The molecule has 2 N–H and O–H groups in total. The van der Waals surface area contributed by atoms with Crippen molar-refractivity contribution in [3.8, 4) is 11.3 Å². The number of hydrogen-bond donors (Lipinski definition) is 2. The monoisotopic (exact) mass is 513 g/mol. The molecule has 1 heterocycles. The first-order chi connectivity index (χ1) is 16.4. The van der Waals surface area contributed by atoms with Crippen LogP contribution in [0.4, 0.5) is 27.6 Å². The second-order valence-corrected chi connectivity index (χ2v) is 8.57. The molecule has 0 radical (unpaired) electrons. The highest BCUT2D eigenvalue weighted by Crippen LogP contribution is 2.32. The van der Waals surface area contributed by atoms with Gasteiger partial charge in [0, 0.05) is 19.2 Å². The Labute approximate surface area is 200 Å². The van der Waals surface area contributed by atoms with Crippen molar-refractivity contribution < 1.29 is 35.5 Å². The minimum Gasteiger partial charge on any atom is -0.351 e. The van der Waals surface area contributed by atoms with Gasteiger partial charge in [0.1, 0.15) is 17.3 Å². The van der Waals surface area contributed by atoms with Crippen molar-refractivity contribution in [3.05, 3.63) is 83.1 Å². The topological polar surface area (TPSA) is 82.5 Å². The first kappa shape index (κ1) is 26.2. The Morgan fingerprint density at radius 1 is 1.11 bits per heavy atom. The molecule has 12 heteroatoms. The number of carbonyl (C=O) groups is 1. The normalized spacial score (nSPS) is 13.3. The highest BCUT2D eigenvalue weighted by atomic mass is 32.2. The van der Waals surface area contributed by atoms with Crippen molar-refractivity contribution in [2.45, 2.75) is 25.6 Å². The summed E-state index contributed by atoms with van der Waals surface area (Å²) in [6.07, 6.45) is -4.75. The molecule has 3 rings (SSSR count). The Kier molecular flexibility index (Phi) is 7.86. The molecule has 35 heavy (non-hydrogen) atoms. The third-order valence-electron chi connectivity index (χ3n) is 5.29. The standard InChI is InChI=1S/C23H20F5N3O3S/c1-13(14-7-9-19(18(25)11-14)31(2)35(33)34)22(32)29-12-15-8-10-20(23(26,27)28)30-21(15)16-5-3-4-6-17(16)24/h3-11,13H,12H2,1-2H3,(H,29,32)(H,33,34). The van der Waals surface area contributed by atoms with E-state index in [9.17, 15) is 31.0 Å². The number of nitrogens with zero attached hydrogens (tertiary/aromatic N) is 2. The first-order valence-electron chi connectivity index (χ1n) is 10.1. The molecule has 3 aromatic rings. The molecule has 0 saturated carbocycles. The summed E-state index contributed by atoms with van der Waals surface area (Å²) in [6.45, 7) is 1.23. The van der Waals surface area contributed by atoms with Gasteiger partial charge in [-0.25, -0.2) is 18.0 Å². The number of rotatable bonds is 7. The molecule has 0 fully saturated rings. The van der Waals surface area contributed by atoms with E-state index < -0.39 is 46.6 Å². The van der Waals surface area contributed by atoms with Crippen LogP contribution in [-0.4, -0.2) is 26.7 Å². The summed E-state index contributed by atoms with van der Waals surface area (Å²) in [4.78, 5) is 16.3. The van der Waals surface area contributed by atoms with Crippen LogP contribution in [0.2, 0.25) is 0 Å². The maximum atomic E-state index is 14.4. The average molecular weight is 513 g/mol. The Hall–Kier alpha value is -3.38. The molecule has 0 saturated heterocycles. The summed E-state index contributed by atoms with van der Waals surface area (Å²) in [5.74, 6) is -3.04. The van der Waals surface area contributed by atoms with Crippen molar-refractivity contribution in [1.82, 2.24) is 10.3 Å².